The van der Waals surface area contributed by atoms with Crippen LogP contribution in [0.15, 0.2) is 0 Å². The number of hydrogen-bond acceptors (Lipinski definition) is 0. The SMILES string of the molecule is ClC[CH]C1CCCCC1. The van der Waals surface area contributed by atoms with Crippen LogP contribution in [-0.4, -0.2) is 5.88 Å². The zero-order valence-electron chi connectivity index (χ0n) is 5.78. The van der Waals surface area contributed by atoms with Gasteiger partial charge in [-0.1, -0.05) is 32.1 Å². The first kappa shape index (κ1) is 7.40. The molecule has 1 saturated carbocycles. The molecule has 0 saturated heterocycles. The topological polar surface area (TPSA) is 0 Å². The van der Waals surface area contributed by atoms with E-state index >= 15 is 0 Å². The van der Waals surface area contributed by atoms with Crippen LogP contribution in [0.25, 0.3) is 0 Å². The highest BCUT2D eigenvalue weighted by molar-refractivity contribution is 6.18. The minimum absolute atomic E-state index is 0.741. The molecule has 1 aliphatic rings. The molecule has 9 heavy (non-hydrogen) atoms. The fourth-order valence-corrected chi connectivity index (χ4v) is 1.75. The van der Waals surface area contributed by atoms with E-state index in [2.05, 4.69) is 6.42 Å². The van der Waals surface area contributed by atoms with E-state index in [0.717, 1.165) is 11.8 Å². The molecule has 1 radical (unpaired) electrons. The van der Waals surface area contributed by atoms with E-state index in [0.29, 0.717) is 0 Å². The van der Waals surface area contributed by atoms with Crippen molar-refractivity contribution >= 4 is 11.6 Å². The maximum absolute atomic E-state index is 5.58. The van der Waals surface area contributed by atoms with Crippen LogP contribution in [0.3, 0.4) is 0 Å². The molecule has 0 unspecified atom stereocenters. The Morgan fingerprint density at radius 2 is 1.89 bits per heavy atom. The highest BCUT2D eigenvalue weighted by atomic mass is 35.5. The summed E-state index contributed by atoms with van der Waals surface area (Å²) in [6.45, 7) is 0. The van der Waals surface area contributed by atoms with Crippen molar-refractivity contribution in [3.8, 4) is 0 Å². The van der Waals surface area contributed by atoms with Gasteiger partial charge in [0.2, 0.25) is 0 Å². The summed E-state index contributed by atoms with van der Waals surface area (Å²) in [6.07, 6.45) is 9.28. The molecule has 0 N–H and O–H groups in total. The molecular weight excluding hydrogens is 132 g/mol. The highest BCUT2D eigenvalue weighted by Gasteiger charge is 2.11. The molecule has 0 bridgehead atoms. The Balaban J connectivity index is 2.08. The van der Waals surface area contributed by atoms with E-state index in [-0.39, 0.29) is 0 Å². The van der Waals surface area contributed by atoms with Crippen LogP contribution in [0, 0.1) is 12.3 Å². The molecule has 0 spiro atoms. The van der Waals surface area contributed by atoms with E-state index in [1.807, 2.05) is 0 Å². The first-order chi connectivity index (χ1) is 4.43. The smallest absolute Gasteiger partial charge is 0.0257 e. The summed E-state index contributed by atoms with van der Waals surface area (Å²) >= 11 is 5.58. The van der Waals surface area contributed by atoms with Gasteiger partial charge in [0.05, 0.1) is 0 Å². The van der Waals surface area contributed by atoms with Gasteiger partial charge in [0.1, 0.15) is 0 Å². The van der Waals surface area contributed by atoms with Gasteiger partial charge in [0, 0.05) is 5.88 Å². The summed E-state index contributed by atoms with van der Waals surface area (Å²) in [4.78, 5) is 0. The molecule has 0 atom stereocenters. The normalized spacial score (nSPS) is 22.3. The molecule has 53 valence electrons. The van der Waals surface area contributed by atoms with Crippen molar-refractivity contribution < 1.29 is 0 Å². The number of hydrogen-bond donors (Lipinski definition) is 0. The van der Waals surface area contributed by atoms with Gasteiger partial charge in [-0.2, -0.15) is 0 Å². The van der Waals surface area contributed by atoms with Gasteiger partial charge in [0.25, 0.3) is 0 Å². The Morgan fingerprint density at radius 1 is 1.22 bits per heavy atom. The summed E-state index contributed by atoms with van der Waals surface area (Å²) in [5, 5.41) is 0. The zero-order valence-corrected chi connectivity index (χ0v) is 6.53. The van der Waals surface area contributed by atoms with Crippen molar-refractivity contribution in [2.75, 3.05) is 5.88 Å². The first-order valence-electron chi connectivity index (χ1n) is 3.83. The molecule has 0 aromatic heterocycles. The third-order valence-electron chi connectivity index (χ3n) is 2.07. The maximum atomic E-state index is 5.58. The van der Waals surface area contributed by atoms with Crippen molar-refractivity contribution in [3.05, 3.63) is 6.42 Å². The summed E-state index contributed by atoms with van der Waals surface area (Å²) in [6, 6.07) is 0. The molecule has 1 heteroatoms. The van der Waals surface area contributed by atoms with Gasteiger partial charge in [-0.15, -0.1) is 11.6 Å². The first-order valence-corrected chi connectivity index (χ1v) is 4.36. The zero-order chi connectivity index (χ0) is 6.53. The minimum Gasteiger partial charge on any atom is -0.126 e. The number of rotatable bonds is 2. The minimum atomic E-state index is 0.741. The second-order valence-corrected chi connectivity index (χ2v) is 3.10. The molecule has 1 rings (SSSR count). The van der Waals surface area contributed by atoms with Crippen LogP contribution in [0.5, 0.6) is 0 Å². The second kappa shape index (κ2) is 4.16. The lowest BCUT2D eigenvalue weighted by Crippen LogP contribution is -2.06. The van der Waals surface area contributed by atoms with Crippen molar-refractivity contribution in [2.24, 2.45) is 5.92 Å². The molecular formula is C8H14Cl. The van der Waals surface area contributed by atoms with Crippen LogP contribution in [-0.2, 0) is 0 Å². The Morgan fingerprint density at radius 3 is 2.44 bits per heavy atom. The predicted octanol–water partition coefficient (Wildman–Crippen LogP) is 3.01. The standard InChI is InChI=1S/C8H14Cl/c9-7-6-8-4-2-1-3-5-8/h6,8H,1-5,7H2. The third kappa shape index (κ3) is 2.57. The Kier molecular flexibility index (Phi) is 3.42. The van der Waals surface area contributed by atoms with Gasteiger partial charge < -0.3 is 0 Å². The van der Waals surface area contributed by atoms with E-state index in [1.165, 1.54) is 32.1 Å². The molecule has 0 aliphatic heterocycles. The maximum Gasteiger partial charge on any atom is 0.0257 e. The van der Waals surface area contributed by atoms with Crippen LogP contribution < -0.4 is 0 Å². The molecule has 0 amide bonds. The van der Waals surface area contributed by atoms with E-state index in [9.17, 15) is 0 Å². The van der Waals surface area contributed by atoms with E-state index in [1.54, 1.807) is 0 Å². The van der Waals surface area contributed by atoms with Crippen molar-refractivity contribution in [1.82, 2.24) is 0 Å². The quantitative estimate of drug-likeness (QED) is 0.524. The summed E-state index contributed by atoms with van der Waals surface area (Å²) in [7, 11) is 0. The van der Waals surface area contributed by atoms with E-state index < -0.39 is 0 Å². The predicted molar refractivity (Wildman–Crippen MR) is 41.6 cm³/mol. The fraction of sp³-hybridized carbons (Fsp3) is 0.875. The average molecular weight is 146 g/mol. The number of alkyl halides is 1. The number of halogens is 1. The van der Waals surface area contributed by atoms with Crippen LogP contribution >= 0.6 is 11.6 Å². The summed E-state index contributed by atoms with van der Waals surface area (Å²) in [5.41, 5.74) is 0. The third-order valence-corrected chi connectivity index (χ3v) is 2.25. The lowest BCUT2D eigenvalue weighted by molar-refractivity contribution is 0.400. The fourth-order valence-electron chi connectivity index (χ4n) is 1.50. The highest BCUT2D eigenvalue weighted by Crippen LogP contribution is 2.25. The monoisotopic (exact) mass is 145 g/mol. The summed E-state index contributed by atoms with van der Waals surface area (Å²) in [5.74, 6) is 1.58. The second-order valence-electron chi connectivity index (χ2n) is 2.79. The average Bonchev–Trinajstić information content (AvgIpc) is 1.91. The van der Waals surface area contributed by atoms with Gasteiger partial charge >= 0.3 is 0 Å². The van der Waals surface area contributed by atoms with Crippen molar-refractivity contribution in [3.63, 3.8) is 0 Å². The van der Waals surface area contributed by atoms with Gasteiger partial charge in [-0.05, 0) is 12.3 Å². The summed E-state index contributed by atoms with van der Waals surface area (Å²) < 4.78 is 0. The molecule has 0 aromatic carbocycles. The van der Waals surface area contributed by atoms with Gasteiger partial charge in [-0.3, -0.25) is 0 Å². The van der Waals surface area contributed by atoms with Crippen LogP contribution in [0.2, 0.25) is 0 Å². The van der Waals surface area contributed by atoms with E-state index in [4.69, 9.17) is 11.6 Å². The molecule has 0 aromatic rings. The van der Waals surface area contributed by atoms with Crippen LogP contribution in [0.1, 0.15) is 32.1 Å². The molecule has 0 heterocycles. The van der Waals surface area contributed by atoms with Gasteiger partial charge in [-0.25, -0.2) is 0 Å². The van der Waals surface area contributed by atoms with Gasteiger partial charge in [0.15, 0.2) is 0 Å². The lowest BCUT2D eigenvalue weighted by atomic mass is 9.88. The Bertz CT molecular complexity index is 62.2. The largest absolute Gasteiger partial charge is 0.126 e. The molecule has 1 fully saturated rings. The molecule has 0 nitrogen and oxygen atoms in total. The van der Waals surface area contributed by atoms with Crippen molar-refractivity contribution in [1.29, 1.82) is 0 Å². The molecule has 1 aliphatic carbocycles. The van der Waals surface area contributed by atoms with Crippen LogP contribution in [0.4, 0.5) is 0 Å². The Hall–Kier alpha value is 0.290. The lowest BCUT2D eigenvalue weighted by Gasteiger charge is -2.19. The van der Waals surface area contributed by atoms with Crippen molar-refractivity contribution in [2.45, 2.75) is 32.1 Å². The Labute approximate surface area is 62.6 Å².